The number of primary amides is 1. The summed E-state index contributed by atoms with van der Waals surface area (Å²) in [6.07, 6.45) is -0.878. The fourth-order valence-corrected chi connectivity index (χ4v) is 0.640. The number of nitrogens with one attached hydrogen (secondary N) is 1. The first-order chi connectivity index (χ1) is 6.06. The average Bonchev–Trinajstić information content (AvgIpc) is 2.01. The topological polar surface area (TPSA) is 105 Å². The summed E-state index contributed by atoms with van der Waals surface area (Å²) < 4.78 is 4.57. The Morgan fingerprint density at radius 2 is 2.31 bits per heavy atom. The van der Waals surface area contributed by atoms with E-state index in [0.29, 0.717) is 0 Å². The number of amides is 1. The van der Waals surface area contributed by atoms with Gasteiger partial charge in [-0.3, -0.25) is 9.59 Å². The number of carbonyl (C=O) groups excluding carboxylic acids is 2. The van der Waals surface area contributed by atoms with Gasteiger partial charge < -0.3 is 15.8 Å². The van der Waals surface area contributed by atoms with Crippen molar-refractivity contribution in [3.63, 3.8) is 0 Å². The zero-order valence-corrected chi connectivity index (χ0v) is 7.24. The molecule has 0 spiro atoms. The molecule has 1 atom stereocenters. The van der Waals surface area contributed by atoms with Gasteiger partial charge in [-0.1, -0.05) is 0 Å². The lowest BCUT2D eigenvalue weighted by molar-refractivity contribution is -0.143. The monoisotopic (exact) mass is 185 g/mol. The highest BCUT2D eigenvalue weighted by Gasteiger charge is 2.09. The number of hydrogen-bond acceptors (Lipinski definition) is 5. The van der Waals surface area contributed by atoms with E-state index in [1.165, 1.54) is 6.92 Å². The van der Waals surface area contributed by atoms with E-state index in [4.69, 9.17) is 11.0 Å². The number of esters is 1. The summed E-state index contributed by atoms with van der Waals surface area (Å²) in [6, 6.07) is 1.75. The molecule has 1 unspecified atom stereocenters. The van der Waals surface area contributed by atoms with Crippen LogP contribution in [0.15, 0.2) is 0 Å². The van der Waals surface area contributed by atoms with Crippen LogP contribution in [0.3, 0.4) is 0 Å². The summed E-state index contributed by atoms with van der Waals surface area (Å²) in [5, 5.41) is 11.0. The summed E-state index contributed by atoms with van der Waals surface area (Å²) in [7, 11) is 0. The molecule has 0 aromatic heterocycles. The Labute approximate surface area is 75.6 Å². The maximum atomic E-state index is 10.4. The highest BCUT2D eigenvalue weighted by Crippen LogP contribution is 1.88. The van der Waals surface area contributed by atoms with Gasteiger partial charge in [0.25, 0.3) is 0 Å². The number of carbonyl (C=O) groups is 2. The van der Waals surface area contributed by atoms with Gasteiger partial charge in [0, 0.05) is 13.5 Å². The lowest BCUT2D eigenvalue weighted by Gasteiger charge is -2.08. The number of nitrogens with zero attached hydrogens (tertiary/aromatic N) is 1. The molecule has 1 amide bonds. The lowest BCUT2D eigenvalue weighted by atomic mass is 10.4. The third kappa shape index (κ3) is 6.77. The predicted molar refractivity (Wildman–Crippen MR) is 43.2 cm³/mol. The van der Waals surface area contributed by atoms with Crippen molar-refractivity contribution in [1.82, 2.24) is 5.32 Å². The first kappa shape index (κ1) is 11.4. The molecule has 0 radical (unpaired) electrons. The molecule has 0 aromatic rings. The average molecular weight is 185 g/mol. The first-order valence-electron chi connectivity index (χ1n) is 3.62. The fraction of sp³-hybridized carbons (Fsp3) is 0.571. The standard InChI is InChI=1S/C7H11N3O3/c1-5(11)13-6(2-8)3-10-4-7(9)12/h6,10H,3-4H2,1H3,(H2,9,12). The third-order valence-corrected chi connectivity index (χ3v) is 1.08. The molecule has 3 N–H and O–H groups in total. The molecule has 0 saturated carbocycles. The minimum atomic E-state index is -0.878. The summed E-state index contributed by atoms with van der Waals surface area (Å²) >= 11 is 0. The second-order valence-electron chi connectivity index (χ2n) is 2.32. The van der Waals surface area contributed by atoms with Crippen LogP contribution in [0.25, 0.3) is 0 Å². The van der Waals surface area contributed by atoms with E-state index in [9.17, 15) is 9.59 Å². The van der Waals surface area contributed by atoms with Crippen LogP contribution in [0.4, 0.5) is 0 Å². The van der Waals surface area contributed by atoms with Crippen molar-refractivity contribution in [2.75, 3.05) is 13.1 Å². The van der Waals surface area contributed by atoms with Crippen LogP contribution in [0.5, 0.6) is 0 Å². The van der Waals surface area contributed by atoms with Gasteiger partial charge >= 0.3 is 5.97 Å². The van der Waals surface area contributed by atoms with Gasteiger partial charge in [0.05, 0.1) is 6.54 Å². The van der Waals surface area contributed by atoms with E-state index in [1.54, 1.807) is 6.07 Å². The van der Waals surface area contributed by atoms with Gasteiger partial charge in [-0.2, -0.15) is 5.26 Å². The van der Waals surface area contributed by atoms with Gasteiger partial charge in [-0.15, -0.1) is 0 Å². The van der Waals surface area contributed by atoms with Gasteiger partial charge in [-0.25, -0.2) is 0 Å². The molecule has 0 aromatic carbocycles. The van der Waals surface area contributed by atoms with Crippen molar-refractivity contribution >= 4 is 11.9 Å². The van der Waals surface area contributed by atoms with Crippen molar-refractivity contribution in [1.29, 1.82) is 5.26 Å². The Balaban J connectivity index is 3.68. The maximum absolute atomic E-state index is 10.4. The smallest absolute Gasteiger partial charge is 0.303 e. The number of nitrogens with two attached hydrogens (primary N) is 1. The summed E-state index contributed by atoms with van der Waals surface area (Å²) in [5.74, 6) is -1.06. The Hall–Kier alpha value is -1.61. The Morgan fingerprint density at radius 3 is 2.69 bits per heavy atom. The van der Waals surface area contributed by atoms with Crippen LogP contribution in [0, 0.1) is 11.3 Å². The van der Waals surface area contributed by atoms with E-state index >= 15 is 0 Å². The number of ether oxygens (including phenoxy) is 1. The van der Waals surface area contributed by atoms with E-state index in [2.05, 4.69) is 10.1 Å². The fourth-order valence-electron chi connectivity index (χ4n) is 0.640. The van der Waals surface area contributed by atoms with Gasteiger partial charge in [-0.05, 0) is 0 Å². The zero-order valence-electron chi connectivity index (χ0n) is 7.24. The van der Waals surface area contributed by atoms with E-state index in [0.717, 1.165) is 0 Å². The number of hydrogen-bond donors (Lipinski definition) is 2. The highest BCUT2D eigenvalue weighted by atomic mass is 16.5. The molecule has 0 aliphatic carbocycles. The first-order valence-corrected chi connectivity index (χ1v) is 3.62. The normalized spacial score (nSPS) is 11.4. The largest absolute Gasteiger partial charge is 0.446 e. The molecule has 0 fully saturated rings. The number of nitriles is 1. The minimum Gasteiger partial charge on any atom is -0.446 e. The molecule has 0 rings (SSSR count). The van der Waals surface area contributed by atoms with Crippen molar-refractivity contribution in [3.05, 3.63) is 0 Å². The van der Waals surface area contributed by atoms with Crippen LogP contribution in [-0.2, 0) is 14.3 Å². The quantitative estimate of drug-likeness (QED) is 0.508. The second kappa shape index (κ2) is 5.97. The van der Waals surface area contributed by atoms with Crippen LogP contribution in [0.2, 0.25) is 0 Å². The molecule has 6 nitrogen and oxygen atoms in total. The molecule has 13 heavy (non-hydrogen) atoms. The van der Waals surface area contributed by atoms with E-state index in [1.807, 2.05) is 0 Å². The van der Waals surface area contributed by atoms with Crippen LogP contribution in [-0.4, -0.2) is 31.1 Å². The molecule has 72 valence electrons. The summed E-state index contributed by atoms with van der Waals surface area (Å²) in [5.41, 5.74) is 4.83. The third-order valence-electron chi connectivity index (χ3n) is 1.08. The lowest BCUT2D eigenvalue weighted by Crippen LogP contribution is -2.35. The maximum Gasteiger partial charge on any atom is 0.303 e. The van der Waals surface area contributed by atoms with Gasteiger partial charge in [0.2, 0.25) is 5.91 Å². The SMILES string of the molecule is CC(=O)OC(C#N)CNCC(N)=O. The van der Waals surface area contributed by atoms with Crippen molar-refractivity contribution in [2.45, 2.75) is 13.0 Å². The van der Waals surface area contributed by atoms with E-state index < -0.39 is 18.0 Å². The Morgan fingerprint density at radius 1 is 1.69 bits per heavy atom. The highest BCUT2D eigenvalue weighted by molar-refractivity contribution is 5.75. The predicted octanol–water partition coefficient (Wildman–Crippen LogP) is -1.48. The van der Waals surface area contributed by atoms with Crippen molar-refractivity contribution in [2.24, 2.45) is 5.73 Å². The second-order valence-corrected chi connectivity index (χ2v) is 2.32. The van der Waals surface area contributed by atoms with Crippen molar-refractivity contribution < 1.29 is 14.3 Å². The van der Waals surface area contributed by atoms with Crippen LogP contribution >= 0.6 is 0 Å². The molecule has 0 saturated heterocycles. The molecule has 0 bridgehead atoms. The van der Waals surface area contributed by atoms with Crippen LogP contribution < -0.4 is 11.1 Å². The molecular formula is C7H11N3O3. The Bertz CT molecular complexity index is 234. The zero-order chi connectivity index (χ0) is 10.3. The van der Waals surface area contributed by atoms with Crippen molar-refractivity contribution in [3.8, 4) is 6.07 Å². The molecular weight excluding hydrogens is 174 g/mol. The van der Waals surface area contributed by atoms with Gasteiger partial charge in [0.15, 0.2) is 6.10 Å². The minimum absolute atomic E-state index is 0.0422. The van der Waals surface area contributed by atoms with Crippen LogP contribution in [0.1, 0.15) is 6.92 Å². The molecule has 0 aliphatic rings. The number of rotatable bonds is 5. The summed E-state index contributed by atoms with van der Waals surface area (Å²) in [4.78, 5) is 20.7. The molecule has 6 heteroatoms. The van der Waals surface area contributed by atoms with E-state index in [-0.39, 0.29) is 13.1 Å². The molecule has 0 aliphatic heterocycles. The Kier molecular flexibility index (Phi) is 5.23. The van der Waals surface area contributed by atoms with Gasteiger partial charge in [0.1, 0.15) is 6.07 Å². The molecule has 0 heterocycles. The summed E-state index contributed by atoms with van der Waals surface area (Å²) in [6.45, 7) is 1.26.